The number of hydrogen-bond acceptors (Lipinski definition) is 1. The summed E-state index contributed by atoms with van der Waals surface area (Å²) in [7, 11) is 0. The van der Waals surface area contributed by atoms with E-state index in [0.29, 0.717) is 13.0 Å². The first-order valence-corrected chi connectivity index (χ1v) is 4.04. The smallest absolute Gasteiger partial charge is 0.212 e. The van der Waals surface area contributed by atoms with Crippen LogP contribution in [-0.2, 0) is 4.74 Å². The maximum atomic E-state index is 12.5. The van der Waals surface area contributed by atoms with Crippen molar-refractivity contribution < 1.29 is 9.13 Å². The van der Waals surface area contributed by atoms with E-state index in [1.165, 1.54) is 0 Å². The van der Waals surface area contributed by atoms with Crippen molar-refractivity contribution in [2.75, 3.05) is 6.61 Å². The van der Waals surface area contributed by atoms with E-state index in [-0.39, 0.29) is 6.10 Å². The fraction of sp³-hybridized carbons (Fsp3) is 1.00. The first-order valence-electron chi connectivity index (χ1n) is 3.66. The fourth-order valence-corrected chi connectivity index (χ4v) is 0.942. The van der Waals surface area contributed by atoms with Crippen LogP contribution in [0, 0.1) is 0 Å². The molecule has 10 heavy (non-hydrogen) atoms. The summed E-state index contributed by atoms with van der Waals surface area (Å²) in [6.07, 6.45) is 2.09. The minimum atomic E-state index is -1.53. The summed E-state index contributed by atoms with van der Waals surface area (Å²) in [6, 6.07) is 0. The van der Waals surface area contributed by atoms with E-state index >= 15 is 0 Å². The lowest BCUT2D eigenvalue weighted by atomic mass is 10.4. The summed E-state index contributed by atoms with van der Waals surface area (Å²) >= 11 is 5.29. The molecule has 1 aliphatic rings. The Hall–Kier alpha value is 0.180. The average Bonchev–Trinajstić information content (AvgIpc) is 2.41. The Labute approximate surface area is 65.5 Å². The zero-order valence-corrected chi connectivity index (χ0v) is 6.83. The third-order valence-corrected chi connectivity index (χ3v) is 1.98. The number of alkyl halides is 2. The second-order valence-corrected chi connectivity index (χ2v) is 3.31. The van der Waals surface area contributed by atoms with Crippen molar-refractivity contribution in [2.45, 2.75) is 37.4 Å². The molecule has 0 radical (unpaired) electrons. The molecule has 0 unspecified atom stereocenters. The molecule has 1 nitrogen and oxygen atoms in total. The Morgan fingerprint density at radius 2 is 2.40 bits per heavy atom. The van der Waals surface area contributed by atoms with Gasteiger partial charge in [0.15, 0.2) is 0 Å². The van der Waals surface area contributed by atoms with Crippen molar-refractivity contribution >= 4 is 11.6 Å². The molecule has 0 spiro atoms. The van der Waals surface area contributed by atoms with E-state index in [0.717, 1.165) is 12.8 Å². The molecule has 0 saturated heterocycles. The molecule has 1 aliphatic carbocycles. The fourth-order valence-electron chi connectivity index (χ4n) is 0.739. The molecule has 1 rings (SSSR count). The number of unbranched alkanes of at least 4 members (excludes halogenated alkanes) is 1. The predicted octanol–water partition coefficient (Wildman–Crippen LogP) is 2.48. The van der Waals surface area contributed by atoms with Crippen molar-refractivity contribution in [2.24, 2.45) is 0 Å². The van der Waals surface area contributed by atoms with Gasteiger partial charge in [-0.3, -0.25) is 0 Å². The van der Waals surface area contributed by atoms with Gasteiger partial charge in [-0.15, -0.1) is 0 Å². The van der Waals surface area contributed by atoms with Crippen molar-refractivity contribution in [3.63, 3.8) is 0 Å². The lowest BCUT2D eigenvalue weighted by Crippen LogP contribution is -2.03. The van der Waals surface area contributed by atoms with Crippen LogP contribution < -0.4 is 0 Å². The van der Waals surface area contributed by atoms with E-state index in [1.807, 2.05) is 0 Å². The highest BCUT2D eigenvalue weighted by Crippen LogP contribution is 2.46. The summed E-state index contributed by atoms with van der Waals surface area (Å²) in [4.78, 5) is 0. The zero-order chi connectivity index (χ0) is 7.61. The molecule has 0 N–H and O–H groups in total. The van der Waals surface area contributed by atoms with E-state index in [1.54, 1.807) is 0 Å². The van der Waals surface area contributed by atoms with Crippen LogP contribution in [0.2, 0.25) is 0 Å². The van der Waals surface area contributed by atoms with Crippen LogP contribution in [-0.4, -0.2) is 17.8 Å². The molecule has 0 aliphatic heterocycles. The second-order valence-electron chi connectivity index (χ2n) is 2.68. The molecule has 0 aromatic rings. The van der Waals surface area contributed by atoms with Crippen LogP contribution in [0.5, 0.6) is 0 Å². The van der Waals surface area contributed by atoms with Gasteiger partial charge in [0.2, 0.25) is 5.13 Å². The van der Waals surface area contributed by atoms with Crippen LogP contribution in [0.25, 0.3) is 0 Å². The molecule has 60 valence electrons. The first kappa shape index (κ1) is 8.28. The Bertz CT molecular complexity index is 116. The van der Waals surface area contributed by atoms with Crippen LogP contribution >= 0.6 is 11.6 Å². The summed E-state index contributed by atoms with van der Waals surface area (Å²) < 4.78 is 17.6. The lowest BCUT2D eigenvalue weighted by Gasteiger charge is -2.00. The third kappa shape index (κ3) is 2.10. The number of ether oxygens (including phenoxy) is 1. The maximum Gasteiger partial charge on any atom is 0.212 e. The molecular weight excluding hydrogens is 155 g/mol. The van der Waals surface area contributed by atoms with E-state index in [2.05, 4.69) is 6.92 Å². The standard InChI is InChI=1S/C7H12ClFO/c1-2-3-4-10-6-5-7(6,8)9/h6H,2-5H2,1H3/t6-,7+/m0/s1. The highest BCUT2D eigenvalue weighted by Gasteiger charge is 2.55. The zero-order valence-electron chi connectivity index (χ0n) is 6.07. The topological polar surface area (TPSA) is 9.23 Å². The molecule has 2 atom stereocenters. The highest BCUT2D eigenvalue weighted by atomic mass is 35.5. The Kier molecular flexibility index (Phi) is 2.53. The van der Waals surface area contributed by atoms with E-state index < -0.39 is 5.13 Å². The van der Waals surface area contributed by atoms with Gasteiger partial charge in [-0.1, -0.05) is 24.9 Å². The third-order valence-electron chi connectivity index (χ3n) is 1.59. The lowest BCUT2D eigenvalue weighted by molar-refractivity contribution is 0.0925. The van der Waals surface area contributed by atoms with Crippen LogP contribution in [0.3, 0.4) is 0 Å². The molecule has 0 aromatic heterocycles. The minimum absolute atomic E-state index is 0.333. The van der Waals surface area contributed by atoms with Gasteiger partial charge in [-0.2, -0.15) is 0 Å². The molecule has 0 heterocycles. The molecule has 0 bridgehead atoms. The number of hydrogen-bond donors (Lipinski definition) is 0. The minimum Gasteiger partial charge on any atom is -0.373 e. The maximum absolute atomic E-state index is 12.5. The first-order chi connectivity index (χ1) is 4.67. The van der Waals surface area contributed by atoms with Crippen LogP contribution in [0.4, 0.5) is 4.39 Å². The van der Waals surface area contributed by atoms with Crippen LogP contribution in [0.1, 0.15) is 26.2 Å². The summed E-state index contributed by atoms with van der Waals surface area (Å²) in [5.41, 5.74) is 0. The normalized spacial score (nSPS) is 38.1. The second kappa shape index (κ2) is 3.05. The Morgan fingerprint density at radius 1 is 1.80 bits per heavy atom. The quantitative estimate of drug-likeness (QED) is 0.461. The Morgan fingerprint density at radius 3 is 2.80 bits per heavy atom. The van der Waals surface area contributed by atoms with Gasteiger partial charge in [0.25, 0.3) is 0 Å². The van der Waals surface area contributed by atoms with Gasteiger partial charge in [0.05, 0.1) is 0 Å². The van der Waals surface area contributed by atoms with Crippen LogP contribution in [0.15, 0.2) is 0 Å². The molecule has 0 amide bonds. The summed E-state index contributed by atoms with van der Waals surface area (Å²) in [6.45, 7) is 2.71. The van der Waals surface area contributed by atoms with Crippen molar-refractivity contribution in [3.8, 4) is 0 Å². The molecule has 3 heteroatoms. The number of rotatable bonds is 4. The predicted molar refractivity (Wildman–Crippen MR) is 39.0 cm³/mol. The average molecular weight is 167 g/mol. The van der Waals surface area contributed by atoms with Gasteiger partial charge in [-0.05, 0) is 6.42 Å². The summed E-state index contributed by atoms with van der Waals surface area (Å²) in [5, 5.41) is -1.53. The number of halogens is 2. The van der Waals surface area contributed by atoms with E-state index in [4.69, 9.17) is 16.3 Å². The van der Waals surface area contributed by atoms with E-state index in [9.17, 15) is 4.39 Å². The van der Waals surface area contributed by atoms with Gasteiger partial charge < -0.3 is 4.74 Å². The summed E-state index contributed by atoms with van der Waals surface area (Å²) in [5.74, 6) is 0. The monoisotopic (exact) mass is 166 g/mol. The molecular formula is C7H12ClFO. The van der Waals surface area contributed by atoms with Gasteiger partial charge in [-0.25, -0.2) is 4.39 Å². The molecule has 1 fully saturated rings. The molecule has 0 aromatic carbocycles. The largest absolute Gasteiger partial charge is 0.373 e. The highest BCUT2D eigenvalue weighted by molar-refractivity contribution is 6.25. The van der Waals surface area contributed by atoms with Crippen molar-refractivity contribution in [1.82, 2.24) is 0 Å². The SMILES string of the molecule is CCCCO[C@H]1C[C@]1(F)Cl. The van der Waals surface area contributed by atoms with Crippen molar-refractivity contribution in [3.05, 3.63) is 0 Å². The van der Waals surface area contributed by atoms with Crippen molar-refractivity contribution in [1.29, 1.82) is 0 Å². The van der Waals surface area contributed by atoms with Gasteiger partial charge >= 0.3 is 0 Å². The van der Waals surface area contributed by atoms with Gasteiger partial charge in [0.1, 0.15) is 6.10 Å². The Balaban J connectivity index is 1.97. The van der Waals surface area contributed by atoms with Gasteiger partial charge in [0, 0.05) is 13.0 Å². The molecule has 1 saturated carbocycles.